The largest absolute Gasteiger partial charge is 0.337 e. The Morgan fingerprint density at radius 1 is 1.24 bits per heavy atom. The third kappa shape index (κ3) is 3.69. The van der Waals surface area contributed by atoms with Crippen LogP contribution in [-0.4, -0.2) is 35.9 Å². The molecule has 1 aliphatic rings. The van der Waals surface area contributed by atoms with E-state index < -0.39 is 0 Å². The molecule has 1 aliphatic heterocycles. The fraction of sp³-hybridized carbons (Fsp3) is 0.412. The highest BCUT2D eigenvalue weighted by Gasteiger charge is 2.26. The zero-order valence-corrected chi connectivity index (χ0v) is 15.0. The number of imidazole rings is 1. The van der Waals surface area contributed by atoms with Gasteiger partial charge in [0, 0.05) is 37.6 Å². The number of nitrogens with zero attached hydrogens (tertiary/aromatic N) is 6. The predicted molar refractivity (Wildman–Crippen MR) is 97.6 cm³/mol. The summed E-state index contributed by atoms with van der Waals surface area (Å²) < 4.78 is 2.09. The van der Waals surface area contributed by atoms with Gasteiger partial charge in [-0.3, -0.25) is 9.88 Å². The monoisotopic (exact) mass is 355 g/mol. The topological polar surface area (TPSA) is 71.8 Å². The second-order valence-electron chi connectivity index (χ2n) is 6.27. The van der Waals surface area contributed by atoms with Crippen LogP contribution in [0.2, 0.25) is 0 Å². The normalized spacial score (nSPS) is 18.4. The molecule has 0 radical (unpaired) electrons. The van der Waals surface area contributed by atoms with Gasteiger partial charge >= 0.3 is 0 Å². The average Bonchev–Trinajstić information content (AvgIpc) is 3.26. The highest BCUT2D eigenvalue weighted by atomic mass is 32.1. The van der Waals surface area contributed by atoms with Crippen molar-refractivity contribution in [3.8, 4) is 0 Å². The van der Waals surface area contributed by atoms with E-state index in [0.29, 0.717) is 6.04 Å². The Hall–Kier alpha value is -2.32. The maximum Gasteiger partial charge on any atom is 0.188 e. The van der Waals surface area contributed by atoms with Gasteiger partial charge in [-0.2, -0.15) is 0 Å². The lowest BCUT2D eigenvalue weighted by Gasteiger charge is -2.34. The number of hydrogen-bond donors (Lipinski definition) is 1. The summed E-state index contributed by atoms with van der Waals surface area (Å²) in [5.41, 5.74) is 2.37. The first-order chi connectivity index (χ1) is 12.3. The van der Waals surface area contributed by atoms with Gasteiger partial charge in [-0.05, 0) is 19.4 Å². The van der Waals surface area contributed by atoms with Gasteiger partial charge in [0.05, 0.1) is 30.0 Å². The summed E-state index contributed by atoms with van der Waals surface area (Å²) in [6.45, 7) is 2.01. The zero-order valence-electron chi connectivity index (χ0n) is 14.2. The molecule has 1 N–H and O–H groups in total. The summed E-state index contributed by atoms with van der Waals surface area (Å²) in [7, 11) is 2.05. The lowest BCUT2D eigenvalue weighted by Crippen LogP contribution is -2.33. The minimum absolute atomic E-state index is 0.359. The third-order valence-corrected chi connectivity index (χ3v) is 5.33. The first-order valence-corrected chi connectivity index (χ1v) is 9.35. The van der Waals surface area contributed by atoms with Crippen LogP contribution in [-0.2, 0) is 13.6 Å². The van der Waals surface area contributed by atoms with E-state index in [1.807, 2.05) is 19.6 Å². The lowest BCUT2D eigenvalue weighted by molar-refractivity contribution is 0.135. The fourth-order valence-electron chi connectivity index (χ4n) is 3.23. The molecule has 0 aromatic carbocycles. The summed E-state index contributed by atoms with van der Waals surface area (Å²) in [6, 6.07) is 0.359. The minimum Gasteiger partial charge on any atom is -0.337 e. The molecule has 4 heterocycles. The van der Waals surface area contributed by atoms with Crippen LogP contribution in [0.1, 0.15) is 36.7 Å². The Balaban J connectivity index is 1.50. The van der Waals surface area contributed by atoms with Crippen LogP contribution in [0.5, 0.6) is 0 Å². The second kappa shape index (κ2) is 7.28. The molecule has 25 heavy (non-hydrogen) atoms. The minimum atomic E-state index is 0.359. The zero-order chi connectivity index (χ0) is 17.1. The number of rotatable bonds is 5. The van der Waals surface area contributed by atoms with Crippen molar-refractivity contribution in [2.75, 3.05) is 11.9 Å². The number of nitrogens with one attached hydrogen (secondary N) is 1. The van der Waals surface area contributed by atoms with E-state index in [9.17, 15) is 0 Å². The fourth-order valence-corrected chi connectivity index (χ4v) is 3.99. The molecular formula is C17H21N7S. The second-order valence-corrected chi connectivity index (χ2v) is 7.13. The van der Waals surface area contributed by atoms with Crippen LogP contribution in [0.25, 0.3) is 0 Å². The molecule has 4 rings (SSSR count). The van der Waals surface area contributed by atoms with Gasteiger partial charge in [-0.1, -0.05) is 6.42 Å². The molecule has 0 amide bonds. The molecule has 0 bridgehead atoms. The molecule has 0 aliphatic carbocycles. The summed E-state index contributed by atoms with van der Waals surface area (Å²) in [6.07, 6.45) is 12.5. The number of thiazole rings is 1. The van der Waals surface area contributed by atoms with Crippen molar-refractivity contribution < 1.29 is 0 Å². The van der Waals surface area contributed by atoms with E-state index in [0.717, 1.165) is 36.2 Å². The molecule has 8 heteroatoms. The van der Waals surface area contributed by atoms with Gasteiger partial charge in [0.1, 0.15) is 0 Å². The molecule has 1 fully saturated rings. The molecular weight excluding hydrogens is 334 g/mol. The summed E-state index contributed by atoms with van der Waals surface area (Å²) in [5.74, 6) is 0.721. The maximum atomic E-state index is 4.81. The van der Waals surface area contributed by atoms with Crippen LogP contribution in [0, 0.1) is 0 Å². The number of hydrogen-bond acceptors (Lipinski definition) is 7. The van der Waals surface area contributed by atoms with Crippen molar-refractivity contribution in [2.45, 2.75) is 31.8 Å². The summed E-state index contributed by atoms with van der Waals surface area (Å²) in [5, 5.41) is 6.25. The van der Waals surface area contributed by atoms with Crippen molar-refractivity contribution in [1.29, 1.82) is 0 Å². The van der Waals surface area contributed by atoms with Crippen molar-refractivity contribution in [3.63, 3.8) is 0 Å². The molecule has 130 valence electrons. The van der Waals surface area contributed by atoms with Crippen LogP contribution in [0.15, 0.2) is 36.5 Å². The molecule has 0 unspecified atom stereocenters. The van der Waals surface area contributed by atoms with E-state index in [1.165, 1.54) is 18.5 Å². The number of piperidine rings is 1. The van der Waals surface area contributed by atoms with Crippen LogP contribution >= 0.6 is 11.3 Å². The Kier molecular flexibility index (Phi) is 4.71. The Morgan fingerprint density at radius 2 is 2.20 bits per heavy atom. The first-order valence-electron chi connectivity index (χ1n) is 8.47. The van der Waals surface area contributed by atoms with Crippen molar-refractivity contribution in [1.82, 2.24) is 29.4 Å². The van der Waals surface area contributed by atoms with E-state index in [4.69, 9.17) is 4.98 Å². The van der Waals surface area contributed by atoms with Crippen molar-refractivity contribution >= 4 is 22.3 Å². The lowest BCUT2D eigenvalue weighted by atomic mass is 10.00. The van der Waals surface area contributed by atoms with E-state index >= 15 is 0 Å². The standard InChI is InChI=1S/C17H21N7S/c1-23-12-19-8-13(23)10-24-7-3-2-4-15(24)14-11-25-17(21-14)22-16-9-18-5-6-20-16/h5-6,8-9,11-12,15H,2-4,7,10H2,1H3,(H,20,21,22)/t15-/m1/s1. The highest BCUT2D eigenvalue weighted by Crippen LogP contribution is 2.34. The number of aromatic nitrogens is 5. The van der Waals surface area contributed by atoms with Crippen LogP contribution < -0.4 is 5.32 Å². The van der Waals surface area contributed by atoms with Gasteiger partial charge in [0.15, 0.2) is 10.9 Å². The number of anilines is 2. The Bertz CT molecular complexity index is 813. The van der Waals surface area contributed by atoms with E-state index in [-0.39, 0.29) is 0 Å². The maximum absolute atomic E-state index is 4.81. The van der Waals surface area contributed by atoms with Gasteiger partial charge in [0.2, 0.25) is 0 Å². The average molecular weight is 355 g/mol. The molecule has 1 atom stereocenters. The quantitative estimate of drug-likeness (QED) is 0.758. The molecule has 3 aromatic heterocycles. The molecule has 0 saturated carbocycles. The number of aryl methyl sites for hydroxylation is 1. The third-order valence-electron chi connectivity index (χ3n) is 4.56. The molecule has 0 spiro atoms. The van der Waals surface area contributed by atoms with Crippen molar-refractivity contribution in [3.05, 3.63) is 47.9 Å². The highest BCUT2D eigenvalue weighted by molar-refractivity contribution is 7.13. The summed E-state index contributed by atoms with van der Waals surface area (Å²) >= 11 is 1.62. The number of likely N-dealkylation sites (tertiary alicyclic amines) is 1. The first kappa shape index (κ1) is 16.2. The van der Waals surface area contributed by atoms with Gasteiger partial charge in [-0.25, -0.2) is 15.0 Å². The van der Waals surface area contributed by atoms with Crippen molar-refractivity contribution in [2.24, 2.45) is 7.05 Å². The Morgan fingerprint density at radius 3 is 3.00 bits per heavy atom. The Labute approximate surface area is 150 Å². The molecule has 1 saturated heterocycles. The van der Waals surface area contributed by atoms with Gasteiger partial charge < -0.3 is 9.88 Å². The summed E-state index contributed by atoms with van der Waals surface area (Å²) in [4.78, 5) is 19.9. The SMILES string of the molecule is Cn1cncc1CN1CCCC[C@@H]1c1csc(Nc2cnccn2)n1. The van der Waals surface area contributed by atoms with E-state index in [2.05, 4.69) is 35.1 Å². The predicted octanol–water partition coefficient (Wildman–Crippen LogP) is 3.14. The molecule has 3 aromatic rings. The molecule has 7 nitrogen and oxygen atoms in total. The van der Waals surface area contributed by atoms with Gasteiger partial charge in [-0.15, -0.1) is 11.3 Å². The van der Waals surface area contributed by atoms with E-state index in [1.54, 1.807) is 29.9 Å². The smallest absolute Gasteiger partial charge is 0.188 e. The van der Waals surface area contributed by atoms with Crippen LogP contribution in [0.3, 0.4) is 0 Å². The van der Waals surface area contributed by atoms with Crippen LogP contribution in [0.4, 0.5) is 10.9 Å². The van der Waals surface area contributed by atoms with Gasteiger partial charge in [0.25, 0.3) is 0 Å².